The Morgan fingerprint density at radius 3 is 2.58 bits per heavy atom. The van der Waals surface area contributed by atoms with E-state index in [1.54, 1.807) is 0 Å². The Kier molecular flexibility index (Phi) is 7.59. The smallest absolute Gasteiger partial charge is 0.260 e. The quantitative estimate of drug-likeness (QED) is 0.688. The third-order valence-electron chi connectivity index (χ3n) is 7.13. The van der Waals surface area contributed by atoms with Gasteiger partial charge in [-0.25, -0.2) is 0 Å². The zero-order valence-corrected chi connectivity index (χ0v) is 20.1. The molecule has 1 atom stereocenters. The standard InChI is InChI=1S/C27H33ClN2O3/c1-20-26(32)29-19-27(13-5-4-7-22-6-2-3-8-24(22)33-20)14-16-30(17-15-27)25(31)18-21-9-11-23(28)12-10-21/h2-3,6,8-12,20H,4-5,7,13-19H2,1H3,(H,29,32)/t20-/m1/s1. The van der Waals surface area contributed by atoms with Crippen LogP contribution in [0.15, 0.2) is 48.5 Å². The van der Waals surface area contributed by atoms with E-state index in [1.165, 1.54) is 0 Å². The topological polar surface area (TPSA) is 58.6 Å². The van der Waals surface area contributed by atoms with Gasteiger partial charge in [0.15, 0.2) is 6.10 Å². The number of para-hydroxylation sites is 1. The summed E-state index contributed by atoms with van der Waals surface area (Å²) in [6.45, 7) is 3.91. The van der Waals surface area contributed by atoms with Gasteiger partial charge in [0.25, 0.3) is 5.91 Å². The van der Waals surface area contributed by atoms with E-state index in [1.807, 2.05) is 54.3 Å². The van der Waals surface area contributed by atoms with E-state index in [4.69, 9.17) is 16.3 Å². The van der Waals surface area contributed by atoms with Gasteiger partial charge in [0, 0.05) is 24.7 Å². The first-order valence-electron chi connectivity index (χ1n) is 12.0. The molecule has 2 aliphatic rings. The Morgan fingerprint density at radius 2 is 1.82 bits per heavy atom. The fraction of sp³-hybridized carbons (Fsp3) is 0.481. The highest BCUT2D eigenvalue weighted by atomic mass is 35.5. The predicted octanol–water partition coefficient (Wildman–Crippen LogP) is 4.80. The molecule has 1 N–H and O–H groups in total. The lowest BCUT2D eigenvalue weighted by Crippen LogP contribution is -2.49. The summed E-state index contributed by atoms with van der Waals surface area (Å²) in [7, 11) is 0. The summed E-state index contributed by atoms with van der Waals surface area (Å²) in [6.07, 6.45) is 5.87. The van der Waals surface area contributed by atoms with Crippen molar-refractivity contribution in [2.24, 2.45) is 5.41 Å². The fourth-order valence-electron chi connectivity index (χ4n) is 4.94. The van der Waals surface area contributed by atoms with E-state index in [0.29, 0.717) is 18.0 Å². The average molecular weight is 469 g/mol. The molecular formula is C27H33ClN2O3. The molecule has 0 radical (unpaired) electrons. The van der Waals surface area contributed by atoms with Crippen molar-refractivity contribution in [3.05, 3.63) is 64.7 Å². The molecule has 2 heterocycles. The van der Waals surface area contributed by atoms with E-state index in [0.717, 1.165) is 68.5 Å². The van der Waals surface area contributed by atoms with Crippen LogP contribution in [0, 0.1) is 5.41 Å². The van der Waals surface area contributed by atoms with Crippen LogP contribution in [0.25, 0.3) is 0 Å². The molecule has 0 bridgehead atoms. The monoisotopic (exact) mass is 468 g/mol. The Balaban J connectivity index is 1.38. The largest absolute Gasteiger partial charge is 0.481 e. The third kappa shape index (κ3) is 6.08. The Morgan fingerprint density at radius 1 is 1.09 bits per heavy atom. The first kappa shape index (κ1) is 23.6. The van der Waals surface area contributed by atoms with Crippen LogP contribution in [0.5, 0.6) is 5.75 Å². The number of aryl methyl sites for hydroxylation is 1. The molecule has 33 heavy (non-hydrogen) atoms. The van der Waals surface area contributed by atoms with Crippen LogP contribution in [-0.4, -0.2) is 42.5 Å². The summed E-state index contributed by atoms with van der Waals surface area (Å²) in [6, 6.07) is 15.5. The number of hydrogen-bond acceptors (Lipinski definition) is 3. The van der Waals surface area contributed by atoms with E-state index in [-0.39, 0.29) is 17.2 Å². The van der Waals surface area contributed by atoms with Crippen molar-refractivity contribution < 1.29 is 14.3 Å². The molecule has 2 aromatic rings. The zero-order valence-electron chi connectivity index (χ0n) is 19.3. The zero-order chi connectivity index (χ0) is 23.3. The molecule has 6 heteroatoms. The van der Waals surface area contributed by atoms with Crippen molar-refractivity contribution in [1.82, 2.24) is 10.2 Å². The fourth-order valence-corrected chi connectivity index (χ4v) is 5.06. The molecule has 1 spiro atoms. The van der Waals surface area contributed by atoms with Crippen LogP contribution in [-0.2, 0) is 22.4 Å². The summed E-state index contributed by atoms with van der Waals surface area (Å²) < 4.78 is 6.00. The van der Waals surface area contributed by atoms with Crippen LogP contribution in [0.1, 0.15) is 50.2 Å². The van der Waals surface area contributed by atoms with E-state index >= 15 is 0 Å². The lowest BCUT2D eigenvalue weighted by Gasteiger charge is -2.42. The van der Waals surface area contributed by atoms with E-state index < -0.39 is 6.10 Å². The Bertz CT molecular complexity index is 968. The lowest BCUT2D eigenvalue weighted by molar-refractivity contribution is -0.134. The number of fused-ring (bicyclic) bond motifs is 1. The number of nitrogens with zero attached hydrogens (tertiary/aromatic N) is 1. The van der Waals surface area contributed by atoms with Crippen molar-refractivity contribution in [3.8, 4) is 5.75 Å². The molecule has 1 saturated heterocycles. The highest BCUT2D eigenvalue weighted by Crippen LogP contribution is 2.37. The minimum absolute atomic E-state index is 0.0329. The van der Waals surface area contributed by atoms with Crippen molar-refractivity contribution in [2.45, 2.75) is 58.0 Å². The van der Waals surface area contributed by atoms with Gasteiger partial charge in [-0.1, -0.05) is 48.4 Å². The maximum absolute atomic E-state index is 12.8. The first-order valence-corrected chi connectivity index (χ1v) is 12.4. The molecule has 2 amide bonds. The SMILES string of the molecule is C[C@H]1Oc2ccccc2CCCCC2(CCN(C(=O)Cc3ccc(Cl)cc3)CC2)CNC1=O. The summed E-state index contributed by atoms with van der Waals surface area (Å²) in [5.41, 5.74) is 2.18. The number of nitrogens with one attached hydrogen (secondary N) is 1. The lowest BCUT2D eigenvalue weighted by atomic mass is 9.74. The number of piperidine rings is 1. The first-order chi connectivity index (χ1) is 15.9. The van der Waals surface area contributed by atoms with Gasteiger partial charge < -0.3 is 15.0 Å². The molecular weight excluding hydrogens is 436 g/mol. The second-order valence-corrected chi connectivity index (χ2v) is 9.91. The van der Waals surface area contributed by atoms with Gasteiger partial charge in [-0.3, -0.25) is 9.59 Å². The van der Waals surface area contributed by atoms with Crippen LogP contribution in [0.4, 0.5) is 0 Å². The number of carbonyl (C=O) groups excluding carboxylic acids is 2. The minimum atomic E-state index is -0.538. The Hall–Kier alpha value is -2.53. The molecule has 0 saturated carbocycles. The van der Waals surface area contributed by atoms with E-state index in [2.05, 4.69) is 11.4 Å². The number of amides is 2. The van der Waals surface area contributed by atoms with Gasteiger partial charge in [-0.15, -0.1) is 0 Å². The highest BCUT2D eigenvalue weighted by Gasteiger charge is 2.36. The summed E-state index contributed by atoms with van der Waals surface area (Å²) in [5.74, 6) is 0.886. The predicted molar refractivity (Wildman–Crippen MR) is 130 cm³/mol. The van der Waals surface area contributed by atoms with Gasteiger partial charge in [0.2, 0.25) is 5.91 Å². The average Bonchev–Trinajstić information content (AvgIpc) is 2.82. The number of rotatable bonds is 2. The van der Waals surface area contributed by atoms with Gasteiger partial charge in [0.1, 0.15) is 5.75 Å². The molecule has 2 aromatic carbocycles. The second-order valence-electron chi connectivity index (χ2n) is 9.48. The van der Waals surface area contributed by atoms with Gasteiger partial charge in [-0.05, 0) is 73.8 Å². The molecule has 1 fully saturated rings. The molecule has 5 nitrogen and oxygen atoms in total. The van der Waals surface area contributed by atoms with Crippen molar-refractivity contribution >= 4 is 23.4 Å². The molecule has 176 valence electrons. The molecule has 4 rings (SSSR count). The summed E-state index contributed by atoms with van der Waals surface area (Å²) in [4.78, 5) is 27.6. The maximum atomic E-state index is 12.8. The number of hydrogen-bond donors (Lipinski definition) is 1. The number of benzene rings is 2. The molecule has 2 aliphatic heterocycles. The van der Waals surface area contributed by atoms with Crippen LogP contribution < -0.4 is 10.1 Å². The van der Waals surface area contributed by atoms with Crippen LogP contribution in [0.2, 0.25) is 5.02 Å². The van der Waals surface area contributed by atoms with Crippen molar-refractivity contribution in [3.63, 3.8) is 0 Å². The molecule has 0 aromatic heterocycles. The number of ether oxygens (including phenoxy) is 1. The van der Waals surface area contributed by atoms with Crippen molar-refractivity contribution in [2.75, 3.05) is 19.6 Å². The molecule has 0 unspecified atom stereocenters. The van der Waals surface area contributed by atoms with Gasteiger partial charge in [0.05, 0.1) is 6.42 Å². The van der Waals surface area contributed by atoms with E-state index in [9.17, 15) is 9.59 Å². The number of likely N-dealkylation sites (tertiary alicyclic amines) is 1. The third-order valence-corrected chi connectivity index (χ3v) is 7.38. The highest BCUT2D eigenvalue weighted by molar-refractivity contribution is 6.30. The molecule has 0 aliphatic carbocycles. The second kappa shape index (κ2) is 10.6. The minimum Gasteiger partial charge on any atom is -0.481 e. The Labute approximate surface area is 201 Å². The normalized spacial score (nSPS) is 21.2. The van der Waals surface area contributed by atoms with Gasteiger partial charge in [-0.2, -0.15) is 0 Å². The maximum Gasteiger partial charge on any atom is 0.260 e. The van der Waals surface area contributed by atoms with Crippen LogP contribution in [0.3, 0.4) is 0 Å². The summed E-state index contributed by atoms with van der Waals surface area (Å²) in [5, 5.41) is 3.83. The number of carbonyl (C=O) groups is 2. The van der Waals surface area contributed by atoms with Crippen molar-refractivity contribution in [1.29, 1.82) is 0 Å². The summed E-state index contributed by atoms with van der Waals surface area (Å²) >= 11 is 5.96. The van der Waals surface area contributed by atoms with Crippen LogP contribution >= 0.6 is 11.6 Å². The van der Waals surface area contributed by atoms with Gasteiger partial charge >= 0.3 is 0 Å². The number of halogens is 1.